The van der Waals surface area contributed by atoms with Crippen molar-refractivity contribution in [2.45, 2.75) is 38.3 Å². The molecule has 1 aliphatic heterocycles. The fourth-order valence-electron chi connectivity index (χ4n) is 4.39. The highest BCUT2D eigenvalue weighted by molar-refractivity contribution is 5.73. The predicted octanol–water partition coefficient (Wildman–Crippen LogP) is 2.85. The largest absolute Gasteiger partial charge is 0.508 e. The molecule has 0 aromatic heterocycles. The van der Waals surface area contributed by atoms with Crippen LogP contribution in [0.2, 0.25) is 0 Å². The number of rotatable bonds is 5. The van der Waals surface area contributed by atoms with Crippen molar-refractivity contribution < 1.29 is 9.90 Å². The minimum absolute atomic E-state index is 0.00573. The number of hydrogen-bond donors (Lipinski definition) is 3. The van der Waals surface area contributed by atoms with Crippen LogP contribution in [0.4, 0.5) is 4.79 Å². The van der Waals surface area contributed by atoms with Crippen LogP contribution in [0.15, 0.2) is 42.5 Å². The van der Waals surface area contributed by atoms with Crippen LogP contribution in [0.1, 0.15) is 28.7 Å². The zero-order valence-corrected chi connectivity index (χ0v) is 16.4. The Morgan fingerprint density at radius 2 is 1.82 bits per heavy atom. The van der Waals surface area contributed by atoms with Crippen molar-refractivity contribution in [1.82, 2.24) is 15.5 Å². The van der Waals surface area contributed by atoms with Crippen LogP contribution in [0, 0.1) is 5.92 Å². The van der Waals surface area contributed by atoms with Crippen molar-refractivity contribution in [2.24, 2.45) is 5.92 Å². The van der Waals surface area contributed by atoms with Gasteiger partial charge in [-0.25, -0.2) is 4.79 Å². The first-order valence-corrected chi connectivity index (χ1v) is 10.2. The van der Waals surface area contributed by atoms with Gasteiger partial charge in [0.05, 0.1) is 0 Å². The van der Waals surface area contributed by atoms with Crippen LogP contribution >= 0.6 is 0 Å². The van der Waals surface area contributed by atoms with Crippen molar-refractivity contribution >= 4 is 6.03 Å². The number of aromatic hydroxyl groups is 1. The van der Waals surface area contributed by atoms with Crippen molar-refractivity contribution in [3.63, 3.8) is 0 Å². The number of urea groups is 1. The van der Waals surface area contributed by atoms with Crippen molar-refractivity contribution in [3.05, 3.63) is 64.7 Å². The standard InChI is InChI=1S/C23H29N3O2/c1-26(9-8-16-10-17-4-2-3-5-18(17)11-16)23(28)25-15-21-12-19-6-7-22(27)13-20(19)14-24-21/h2-7,13,16,21,24,27H,8-12,14-15H2,1H3,(H,25,28)/t21-/m0/s1. The molecule has 148 valence electrons. The van der Waals surface area contributed by atoms with E-state index in [-0.39, 0.29) is 12.1 Å². The SMILES string of the molecule is CN(CCC1Cc2ccccc2C1)C(=O)NC[C@@H]1Cc2ccc(O)cc2CN1. The highest BCUT2D eigenvalue weighted by Gasteiger charge is 2.23. The molecule has 1 heterocycles. The number of phenolic OH excluding ortho intramolecular Hbond substituents is 1. The average molecular weight is 380 g/mol. The summed E-state index contributed by atoms with van der Waals surface area (Å²) in [5.41, 5.74) is 5.32. The van der Waals surface area contributed by atoms with Crippen LogP contribution in [0.3, 0.4) is 0 Å². The van der Waals surface area contributed by atoms with E-state index in [4.69, 9.17) is 0 Å². The summed E-state index contributed by atoms with van der Waals surface area (Å²) in [6, 6.07) is 14.4. The summed E-state index contributed by atoms with van der Waals surface area (Å²) in [5, 5.41) is 16.1. The van der Waals surface area contributed by atoms with Crippen molar-refractivity contribution in [2.75, 3.05) is 20.1 Å². The van der Waals surface area contributed by atoms with Crippen LogP contribution in [-0.4, -0.2) is 42.2 Å². The second-order valence-electron chi connectivity index (χ2n) is 8.17. The molecule has 2 aromatic rings. The summed E-state index contributed by atoms with van der Waals surface area (Å²) in [6.07, 6.45) is 4.16. The number of carbonyl (C=O) groups excluding carboxylic acids is 1. The Bertz CT molecular complexity index is 826. The fourth-order valence-corrected chi connectivity index (χ4v) is 4.39. The molecule has 2 aliphatic rings. The van der Waals surface area contributed by atoms with Crippen molar-refractivity contribution in [1.29, 1.82) is 0 Å². The first kappa shape index (κ1) is 18.8. The van der Waals surface area contributed by atoms with Gasteiger partial charge in [-0.3, -0.25) is 0 Å². The van der Waals surface area contributed by atoms with E-state index in [0.29, 0.717) is 18.2 Å². The summed E-state index contributed by atoms with van der Waals surface area (Å²) in [4.78, 5) is 14.3. The molecular formula is C23H29N3O2. The molecule has 0 saturated carbocycles. The predicted molar refractivity (Wildman–Crippen MR) is 110 cm³/mol. The molecule has 28 heavy (non-hydrogen) atoms. The molecule has 0 spiro atoms. The zero-order chi connectivity index (χ0) is 19.5. The number of carbonyl (C=O) groups is 1. The van der Waals surface area contributed by atoms with Crippen LogP contribution in [0.5, 0.6) is 5.75 Å². The molecule has 0 fully saturated rings. The molecule has 3 N–H and O–H groups in total. The van der Waals surface area contributed by atoms with Gasteiger partial charge in [0.2, 0.25) is 0 Å². The van der Waals surface area contributed by atoms with E-state index >= 15 is 0 Å². The maximum atomic E-state index is 12.5. The molecule has 4 rings (SSSR count). The van der Waals surface area contributed by atoms with Gasteiger partial charge in [0.15, 0.2) is 0 Å². The number of hydrogen-bond acceptors (Lipinski definition) is 3. The molecule has 0 saturated heterocycles. The Balaban J connectivity index is 1.20. The number of amides is 2. The summed E-state index contributed by atoms with van der Waals surface area (Å²) in [6.45, 7) is 2.12. The molecule has 2 amide bonds. The number of benzene rings is 2. The molecule has 1 atom stereocenters. The summed E-state index contributed by atoms with van der Waals surface area (Å²) >= 11 is 0. The molecular weight excluding hydrogens is 350 g/mol. The van der Waals surface area contributed by atoms with Gasteiger partial charge in [-0.2, -0.15) is 0 Å². The van der Waals surface area contributed by atoms with E-state index in [9.17, 15) is 9.90 Å². The van der Waals surface area contributed by atoms with E-state index < -0.39 is 0 Å². The lowest BCUT2D eigenvalue weighted by Crippen LogP contribution is -2.47. The lowest BCUT2D eigenvalue weighted by atomic mass is 9.95. The molecule has 0 unspecified atom stereocenters. The normalized spacial score (nSPS) is 18.4. The van der Waals surface area contributed by atoms with Gasteiger partial charge >= 0.3 is 6.03 Å². The number of nitrogens with one attached hydrogen (secondary N) is 2. The van der Waals surface area contributed by atoms with Crippen molar-refractivity contribution in [3.8, 4) is 5.75 Å². The monoisotopic (exact) mass is 379 g/mol. The summed E-state index contributed by atoms with van der Waals surface area (Å²) in [7, 11) is 1.88. The van der Waals surface area contributed by atoms with Gasteiger partial charge in [-0.05, 0) is 66.0 Å². The highest BCUT2D eigenvalue weighted by atomic mass is 16.3. The smallest absolute Gasteiger partial charge is 0.317 e. The second kappa shape index (κ2) is 8.23. The Morgan fingerprint density at radius 3 is 2.57 bits per heavy atom. The van der Waals surface area contributed by atoms with E-state index in [1.807, 2.05) is 19.2 Å². The quantitative estimate of drug-likeness (QED) is 0.749. The van der Waals surface area contributed by atoms with Gasteiger partial charge in [-0.15, -0.1) is 0 Å². The third-order valence-corrected chi connectivity index (χ3v) is 6.09. The van der Waals surface area contributed by atoms with Gasteiger partial charge < -0.3 is 20.6 Å². The van der Waals surface area contributed by atoms with Crippen LogP contribution in [0.25, 0.3) is 0 Å². The summed E-state index contributed by atoms with van der Waals surface area (Å²) in [5.74, 6) is 0.944. The fraction of sp³-hybridized carbons (Fsp3) is 0.435. The Morgan fingerprint density at radius 1 is 1.11 bits per heavy atom. The average Bonchev–Trinajstić information content (AvgIpc) is 3.13. The second-order valence-corrected chi connectivity index (χ2v) is 8.17. The minimum atomic E-state index is -0.00573. The Kier molecular flexibility index (Phi) is 5.53. The molecule has 5 heteroatoms. The van der Waals surface area contributed by atoms with Gasteiger partial charge in [0.25, 0.3) is 0 Å². The Hall–Kier alpha value is -2.53. The first-order chi connectivity index (χ1) is 13.6. The van der Waals surface area contributed by atoms with Gasteiger partial charge in [0, 0.05) is 32.7 Å². The lowest BCUT2D eigenvalue weighted by molar-refractivity contribution is 0.204. The number of nitrogens with zero attached hydrogens (tertiary/aromatic N) is 1. The summed E-state index contributed by atoms with van der Waals surface area (Å²) < 4.78 is 0. The number of phenols is 1. The van der Waals surface area contributed by atoms with E-state index in [2.05, 4.69) is 34.9 Å². The van der Waals surface area contributed by atoms with Gasteiger partial charge in [-0.1, -0.05) is 30.3 Å². The minimum Gasteiger partial charge on any atom is -0.508 e. The van der Waals surface area contributed by atoms with E-state index in [1.165, 1.54) is 16.7 Å². The third kappa shape index (κ3) is 4.30. The maximum Gasteiger partial charge on any atom is 0.317 e. The molecule has 5 nitrogen and oxygen atoms in total. The Labute approximate surface area is 166 Å². The highest BCUT2D eigenvalue weighted by Crippen LogP contribution is 2.28. The van der Waals surface area contributed by atoms with Crippen LogP contribution in [-0.2, 0) is 25.8 Å². The number of fused-ring (bicyclic) bond motifs is 2. The molecule has 1 aliphatic carbocycles. The van der Waals surface area contributed by atoms with Gasteiger partial charge in [0.1, 0.15) is 5.75 Å². The third-order valence-electron chi connectivity index (χ3n) is 6.09. The molecule has 2 aromatic carbocycles. The lowest BCUT2D eigenvalue weighted by Gasteiger charge is -2.27. The topological polar surface area (TPSA) is 64.6 Å². The molecule has 0 bridgehead atoms. The zero-order valence-electron chi connectivity index (χ0n) is 16.4. The maximum absolute atomic E-state index is 12.5. The first-order valence-electron chi connectivity index (χ1n) is 10.2. The molecule has 0 radical (unpaired) electrons. The van der Waals surface area contributed by atoms with E-state index in [0.717, 1.165) is 44.3 Å². The van der Waals surface area contributed by atoms with E-state index in [1.54, 1.807) is 11.0 Å². The van der Waals surface area contributed by atoms with Crippen LogP contribution < -0.4 is 10.6 Å².